The Kier molecular flexibility index (Phi) is 6.11. The van der Waals surface area contributed by atoms with Gasteiger partial charge in [-0.25, -0.2) is 0 Å². The van der Waals surface area contributed by atoms with E-state index in [0.29, 0.717) is 43.2 Å². The molecule has 0 bridgehead atoms. The van der Waals surface area contributed by atoms with E-state index in [1.54, 1.807) is 19.1 Å². The van der Waals surface area contributed by atoms with Gasteiger partial charge in [0.05, 0.1) is 0 Å². The van der Waals surface area contributed by atoms with E-state index in [-0.39, 0.29) is 17.7 Å². The second-order valence-corrected chi connectivity index (χ2v) is 7.78. The van der Waals surface area contributed by atoms with Gasteiger partial charge in [-0.05, 0) is 43.0 Å². The van der Waals surface area contributed by atoms with Gasteiger partial charge in [-0.3, -0.25) is 9.59 Å². The van der Waals surface area contributed by atoms with Crippen molar-refractivity contribution in [1.82, 2.24) is 15.0 Å². The van der Waals surface area contributed by atoms with Crippen LogP contribution in [0.25, 0.3) is 11.4 Å². The minimum absolute atomic E-state index is 0.0222. The zero-order chi connectivity index (χ0) is 21.8. The molecule has 4 rings (SSSR count). The molecule has 2 heterocycles. The van der Waals surface area contributed by atoms with Crippen LogP contribution in [0.3, 0.4) is 0 Å². The predicted octanol–water partition coefficient (Wildman–Crippen LogP) is 4.10. The van der Waals surface area contributed by atoms with Gasteiger partial charge < -0.3 is 14.7 Å². The molecule has 1 aliphatic rings. The topological polar surface area (TPSA) is 88.3 Å². The second kappa shape index (κ2) is 9.12. The van der Waals surface area contributed by atoms with Gasteiger partial charge in [-0.2, -0.15) is 4.98 Å². The van der Waals surface area contributed by atoms with Crippen molar-refractivity contribution >= 4 is 17.5 Å². The molecule has 160 valence electrons. The summed E-state index contributed by atoms with van der Waals surface area (Å²) in [5.41, 5.74) is 3.42. The third-order valence-corrected chi connectivity index (χ3v) is 5.73. The van der Waals surface area contributed by atoms with Crippen LogP contribution in [0, 0.1) is 12.8 Å². The van der Waals surface area contributed by atoms with Crippen LogP contribution < -0.4 is 5.32 Å². The number of carbonyl (C=O) groups is 2. The van der Waals surface area contributed by atoms with E-state index in [1.807, 2.05) is 41.3 Å². The molecule has 1 aromatic heterocycles. The highest BCUT2D eigenvalue weighted by Gasteiger charge is 2.28. The van der Waals surface area contributed by atoms with Gasteiger partial charge in [0.1, 0.15) is 0 Å². The number of nitrogens with one attached hydrogen (secondary N) is 1. The number of benzene rings is 2. The number of rotatable bonds is 5. The number of hydrogen-bond acceptors (Lipinski definition) is 5. The molecule has 0 aliphatic carbocycles. The first-order valence-electron chi connectivity index (χ1n) is 10.6. The minimum atomic E-state index is -0.0854. The summed E-state index contributed by atoms with van der Waals surface area (Å²) in [7, 11) is 0. The van der Waals surface area contributed by atoms with E-state index < -0.39 is 0 Å². The summed E-state index contributed by atoms with van der Waals surface area (Å²) in [4.78, 5) is 31.6. The number of hydrogen-bond donors (Lipinski definition) is 1. The summed E-state index contributed by atoms with van der Waals surface area (Å²) < 4.78 is 5.00. The number of para-hydroxylation sites is 1. The molecule has 7 heteroatoms. The van der Waals surface area contributed by atoms with Crippen molar-refractivity contribution in [3.8, 4) is 11.4 Å². The molecular weight excluding hydrogens is 392 g/mol. The zero-order valence-corrected chi connectivity index (χ0v) is 17.8. The van der Waals surface area contributed by atoms with E-state index in [0.717, 1.165) is 23.2 Å². The quantitative estimate of drug-likeness (QED) is 0.674. The monoisotopic (exact) mass is 418 g/mol. The third-order valence-electron chi connectivity index (χ3n) is 5.73. The van der Waals surface area contributed by atoms with Crippen molar-refractivity contribution in [2.75, 3.05) is 18.4 Å². The van der Waals surface area contributed by atoms with Crippen molar-refractivity contribution < 1.29 is 14.1 Å². The molecule has 2 amide bonds. The molecule has 7 nitrogen and oxygen atoms in total. The standard InChI is InChI=1S/C24H26N4O3/c1-3-17-6-4-5-7-21(17)26-23(29)19-12-14-28(15-13-19)24(30)20-10-8-18(9-11-20)22-25-16(2)31-27-22/h4-11,19H,3,12-15H2,1-2H3,(H,26,29). The number of carbonyl (C=O) groups excluding carboxylic acids is 2. The van der Waals surface area contributed by atoms with Crippen molar-refractivity contribution in [3.63, 3.8) is 0 Å². The van der Waals surface area contributed by atoms with Gasteiger partial charge in [-0.1, -0.05) is 42.4 Å². The maximum atomic E-state index is 12.9. The lowest BCUT2D eigenvalue weighted by atomic mass is 9.95. The Labute approximate surface area is 181 Å². The summed E-state index contributed by atoms with van der Waals surface area (Å²) in [5, 5.41) is 6.97. The largest absolute Gasteiger partial charge is 0.339 e. The average Bonchev–Trinajstić information content (AvgIpc) is 3.25. The van der Waals surface area contributed by atoms with Crippen molar-refractivity contribution in [1.29, 1.82) is 0 Å². The van der Waals surface area contributed by atoms with E-state index in [4.69, 9.17) is 4.52 Å². The maximum absolute atomic E-state index is 12.9. The molecule has 1 fully saturated rings. The summed E-state index contributed by atoms with van der Waals surface area (Å²) in [6.45, 7) is 4.95. The van der Waals surface area contributed by atoms with Gasteiger partial charge in [0.25, 0.3) is 5.91 Å². The van der Waals surface area contributed by atoms with Gasteiger partial charge in [-0.15, -0.1) is 0 Å². The molecule has 1 saturated heterocycles. The fourth-order valence-corrected chi connectivity index (χ4v) is 3.89. The molecule has 0 atom stereocenters. The SMILES string of the molecule is CCc1ccccc1NC(=O)C1CCN(C(=O)c2ccc(-c3noc(C)n3)cc2)CC1. The van der Waals surface area contributed by atoms with Crippen LogP contribution in [0.15, 0.2) is 53.1 Å². The summed E-state index contributed by atoms with van der Waals surface area (Å²) in [6.07, 6.45) is 2.19. The van der Waals surface area contributed by atoms with E-state index in [9.17, 15) is 9.59 Å². The lowest BCUT2D eigenvalue weighted by Crippen LogP contribution is -2.41. The number of aryl methyl sites for hydroxylation is 2. The van der Waals surface area contributed by atoms with Crippen LogP contribution in [0.4, 0.5) is 5.69 Å². The average molecular weight is 418 g/mol. The molecule has 1 aliphatic heterocycles. The lowest BCUT2D eigenvalue weighted by Gasteiger charge is -2.31. The predicted molar refractivity (Wildman–Crippen MR) is 118 cm³/mol. The Morgan fingerprint density at radius 2 is 1.81 bits per heavy atom. The Balaban J connectivity index is 1.34. The molecule has 3 aromatic rings. The first-order valence-corrected chi connectivity index (χ1v) is 10.6. The second-order valence-electron chi connectivity index (χ2n) is 7.78. The van der Waals surface area contributed by atoms with Crippen molar-refractivity contribution in [2.45, 2.75) is 33.1 Å². The maximum Gasteiger partial charge on any atom is 0.253 e. The first-order chi connectivity index (χ1) is 15.0. The number of aromatic nitrogens is 2. The Morgan fingerprint density at radius 3 is 2.45 bits per heavy atom. The molecule has 0 spiro atoms. The highest BCUT2D eigenvalue weighted by Crippen LogP contribution is 2.23. The Hall–Kier alpha value is -3.48. The molecule has 1 N–H and O–H groups in total. The van der Waals surface area contributed by atoms with Crippen LogP contribution in [0.1, 0.15) is 41.6 Å². The van der Waals surface area contributed by atoms with Crippen LogP contribution in [-0.4, -0.2) is 39.9 Å². The van der Waals surface area contributed by atoms with Crippen molar-refractivity contribution in [2.24, 2.45) is 5.92 Å². The smallest absolute Gasteiger partial charge is 0.253 e. The molecule has 31 heavy (non-hydrogen) atoms. The molecular formula is C24H26N4O3. The van der Waals surface area contributed by atoms with Crippen molar-refractivity contribution in [3.05, 3.63) is 65.5 Å². The van der Waals surface area contributed by atoms with Crippen LogP contribution in [0.5, 0.6) is 0 Å². The summed E-state index contributed by atoms with van der Waals surface area (Å²) in [6, 6.07) is 15.1. The first kappa shape index (κ1) is 20.8. The van der Waals surface area contributed by atoms with Gasteiger partial charge in [0.2, 0.25) is 17.6 Å². The Morgan fingerprint density at radius 1 is 1.10 bits per heavy atom. The van der Waals surface area contributed by atoms with Gasteiger partial charge in [0, 0.05) is 42.7 Å². The number of nitrogens with zero attached hydrogens (tertiary/aromatic N) is 3. The molecule has 0 saturated carbocycles. The fraction of sp³-hybridized carbons (Fsp3) is 0.333. The minimum Gasteiger partial charge on any atom is -0.339 e. The molecule has 2 aromatic carbocycles. The normalized spacial score (nSPS) is 14.5. The Bertz CT molecular complexity index is 1070. The van der Waals surface area contributed by atoms with E-state index in [1.165, 1.54) is 0 Å². The highest BCUT2D eigenvalue weighted by molar-refractivity contribution is 5.96. The zero-order valence-electron chi connectivity index (χ0n) is 17.8. The number of amides is 2. The number of piperidine rings is 1. The summed E-state index contributed by atoms with van der Waals surface area (Å²) >= 11 is 0. The van der Waals surface area contributed by atoms with Gasteiger partial charge >= 0.3 is 0 Å². The molecule has 0 radical (unpaired) electrons. The highest BCUT2D eigenvalue weighted by atomic mass is 16.5. The van der Waals surface area contributed by atoms with E-state index >= 15 is 0 Å². The van der Waals surface area contributed by atoms with Gasteiger partial charge in [0.15, 0.2) is 0 Å². The third kappa shape index (κ3) is 4.66. The molecule has 0 unspecified atom stereocenters. The summed E-state index contributed by atoms with van der Waals surface area (Å²) in [5.74, 6) is 0.935. The van der Waals surface area contributed by atoms with Crippen LogP contribution >= 0.6 is 0 Å². The van der Waals surface area contributed by atoms with E-state index in [2.05, 4.69) is 22.4 Å². The number of anilines is 1. The van der Waals surface area contributed by atoms with Crippen LogP contribution in [0.2, 0.25) is 0 Å². The number of likely N-dealkylation sites (tertiary alicyclic amines) is 1. The lowest BCUT2D eigenvalue weighted by molar-refractivity contribution is -0.121. The fourth-order valence-electron chi connectivity index (χ4n) is 3.89. The van der Waals surface area contributed by atoms with Crippen LogP contribution in [-0.2, 0) is 11.2 Å².